The van der Waals surface area contributed by atoms with Crippen LogP contribution in [0.5, 0.6) is 0 Å². The quantitative estimate of drug-likeness (QED) is 0.659. The topological polar surface area (TPSA) is 40.5 Å². The number of fused-ring (bicyclic) bond motifs is 5. The molecule has 0 amide bonds. The second kappa shape index (κ2) is 4.24. The monoisotopic (exact) mass is 272 g/mol. The van der Waals surface area contributed by atoms with E-state index >= 15 is 0 Å². The van der Waals surface area contributed by atoms with Gasteiger partial charge in [-0.3, -0.25) is 0 Å². The molecule has 4 aliphatic rings. The van der Waals surface area contributed by atoms with E-state index in [4.69, 9.17) is 0 Å². The van der Waals surface area contributed by atoms with Gasteiger partial charge < -0.3 is 10.2 Å². The Bertz CT molecular complexity index is 516. The fraction of sp³-hybridized carbons (Fsp3) is 0.667. The summed E-state index contributed by atoms with van der Waals surface area (Å²) in [5.41, 5.74) is 1.51. The molecule has 108 valence electrons. The zero-order chi connectivity index (χ0) is 13.9. The van der Waals surface area contributed by atoms with Crippen LogP contribution in [0.3, 0.4) is 0 Å². The van der Waals surface area contributed by atoms with Crippen molar-refractivity contribution in [3.8, 4) is 0 Å². The van der Waals surface area contributed by atoms with Crippen molar-refractivity contribution in [3.63, 3.8) is 0 Å². The summed E-state index contributed by atoms with van der Waals surface area (Å²) in [6.07, 6.45) is 14.3. The Morgan fingerprint density at radius 2 is 2.00 bits per heavy atom. The third kappa shape index (κ3) is 1.60. The molecule has 0 bridgehead atoms. The zero-order valence-electron chi connectivity index (χ0n) is 12.1. The molecule has 2 heteroatoms. The highest BCUT2D eigenvalue weighted by Gasteiger charge is 2.51. The van der Waals surface area contributed by atoms with Crippen LogP contribution in [0.25, 0.3) is 0 Å². The summed E-state index contributed by atoms with van der Waals surface area (Å²) in [7, 11) is 0. The van der Waals surface area contributed by atoms with Crippen molar-refractivity contribution in [2.24, 2.45) is 29.1 Å². The number of hydrogen-bond donors (Lipinski definition) is 2. The van der Waals surface area contributed by atoms with E-state index in [-0.39, 0.29) is 5.76 Å². The lowest BCUT2D eigenvalue weighted by Gasteiger charge is -2.50. The van der Waals surface area contributed by atoms with E-state index in [1.54, 1.807) is 6.08 Å². The van der Waals surface area contributed by atoms with Gasteiger partial charge in [-0.15, -0.1) is 0 Å². The number of hydrogen-bond acceptors (Lipinski definition) is 2. The molecule has 20 heavy (non-hydrogen) atoms. The lowest BCUT2D eigenvalue weighted by molar-refractivity contribution is 0.0482. The maximum absolute atomic E-state index is 10.1. The minimum Gasteiger partial charge on any atom is -0.509 e. The predicted molar refractivity (Wildman–Crippen MR) is 79.1 cm³/mol. The molecule has 0 aromatic carbocycles. The zero-order valence-corrected chi connectivity index (χ0v) is 12.1. The largest absolute Gasteiger partial charge is 0.509 e. The van der Waals surface area contributed by atoms with Crippen molar-refractivity contribution in [2.45, 2.75) is 45.1 Å². The summed E-state index contributed by atoms with van der Waals surface area (Å²) in [4.78, 5) is 0. The molecule has 6 atom stereocenters. The van der Waals surface area contributed by atoms with Gasteiger partial charge in [-0.25, -0.2) is 0 Å². The van der Waals surface area contributed by atoms with Crippen LogP contribution in [-0.4, -0.2) is 16.3 Å². The van der Waals surface area contributed by atoms with Gasteiger partial charge >= 0.3 is 0 Å². The van der Waals surface area contributed by atoms with Gasteiger partial charge in [0.1, 0.15) is 11.9 Å². The molecule has 2 fully saturated rings. The molecular weight excluding hydrogens is 248 g/mol. The highest BCUT2D eigenvalue weighted by atomic mass is 16.3. The molecule has 1 unspecified atom stereocenters. The first-order valence-electron chi connectivity index (χ1n) is 8.08. The number of allylic oxidation sites excluding steroid dienone is 4. The lowest BCUT2D eigenvalue weighted by Crippen LogP contribution is -2.42. The molecule has 0 aromatic rings. The minimum absolute atomic E-state index is 0.173. The van der Waals surface area contributed by atoms with Crippen molar-refractivity contribution in [2.75, 3.05) is 0 Å². The standard InChI is InChI=1S/C18H24O2/c1-18-9-2-3-15(18)13-4-5-14-11(12(13)8-10-18)6-7-16(19)17(14)20/h4-7,11-13,15-16,19-20H,2-3,8-10H2,1H3/t11-,12-,13-,15+,16?,18+/m1/s1. The molecule has 0 aliphatic heterocycles. The Labute approximate surface area is 120 Å². The average Bonchev–Trinajstić information content (AvgIpc) is 2.84. The molecule has 4 aliphatic carbocycles. The summed E-state index contributed by atoms with van der Waals surface area (Å²) in [6.45, 7) is 2.48. The van der Waals surface area contributed by atoms with Gasteiger partial charge in [-0.1, -0.05) is 37.6 Å². The van der Waals surface area contributed by atoms with Crippen LogP contribution >= 0.6 is 0 Å². The van der Waals surface area contributed by atoms with Crippen LogP contribution in [0.2, 0.25) is 0 Å². The minimum atomic E-state index is -0.803. The van der Waals surface area contributed by atoms with Crippen LogP contribution in [0, 0.1) is 29.1 Å². The van der Waals surface area contributed by atoms with E-state index < -0.39 is 6.10 Å². The van der Waals surface area contributed by atoms with Crippen LogP contribution < -0.4 is 0 Å². The average molecular weight is 272 g/mol. The van der Waals surface area contributed by atoms with E-state index in [9.17, 15) is 10.2 Å². The molecule has 0 aromatic heterocycles. The molecular formula is C18H24O2. The number of rotatable bonds is 0. The van der Waals surface area contributed by atoms with Crippen LogP contribution in [0.1, 0.15) is 39.0 Å². The Hall–Kier alpha value is -1.02. The van der Waals surface area contributed by atoms with Gasteiger partial charge in [-0.05, 0) is 54.4 Å². The van der Waals surface area contributed by atoms with Gasteiger partial charge in [0.05, 0.1) is 0 Å². The molecule has 0 radical (unpaired) electrons. The van der Waals surface area contributed by atoms with Gasteiger partial charge in [0.15, 0.2) is 0 Å². The first-order chi connectivity index (χ1) is 9.60. The third-order valence-corrected chi connectivity index (χ3v) is 6.56. The van der Waals surface area contributed by atoms with Gasteiger partial charge in [0, 0.05) is 5.92 Å². The molecule has 2 saturated carbocycles. The summed E-state index contributed by atoms with van der Waals surface area (Å²) >= 11 is 0. The molecule has 2 nitrogen and oxygen atoms in total. The van der Waals surface area contributed by atoms with E-state index in [0.29, 0.717) is 23.2 Å². The first-order valence-corrected chi connectivity index (χ1v) is 8.08. The smallest absolute Gasteiger partial charge is 0.129 e. The van der Waals surface area contributed by atoms with E-state index in [1.807, 2.05) is 0 Å². The van der Waals surface area contributed by atoms with E-state index in [2.05, 4.69) is 25.2 Å². The van der Waals surface area contributed by atoms with Crippen LogP contribution in [0.15, 0.2) is 35.6 Å². The summed E-state index contributed by atoms with van der Waals surface area (Å²) in [6, 6.07) is 0. The Kier molecular flexibility index (Phi) is 2.69. The van der Waals surface area contributed by atoms with Crippen LogP contribution in [-0.2, 0) is 0 Å². The van der Waals surface area contributed by atoms with Crippen molar-refractivity contribution in [1.29, 1.82) is 0 Å². The highest BCUT2D eigenvalue weighted by molar-refractivity contribution is 5.39. The maximum atomic E-state index is 10.1. The molecule has 4 rings (SSSR count). The van der Waals surface area contributed by atoms with Crippen LogP contribution in [0.4, 0.5) is 0 Å². The Balaban J connectivity index is 1.73. The molecule has 0 spiro atoms. The third-order valence-electron chi connectivity index (χ3n) is 6.56. The summed E-state index contributed by atoms with van der Waals surface area (Å²) < 4.78 is 0. The predicted octanol–water partition coefficient (Wildman–Crippen LogP) is 3.75. The Morgan fingerprint density at radius 1 is 1.15 bits per heavy atom. The normalized spacial score (nSPS) is 49.8. The number of aliphatic hydroxyl groups is 2. The van der Waals surface area contributed by atoms with E-state index in [0.717, 1.165) is 11.5 Å². The van der Waals surface area contributed by atoms with Crippen molar-refractivity contribution in [1.82, 2.24) is 0 Å². The van der Waals surface area contributed by atoms with Crippen molar-refractivity contribution < 1.29 is 10.2 Å². The van der Waals surface area contributed by atoms with Gasteiger partial charge in [-0.2, -0.15) is 0 Å². The first kappa shape index (κ1) is 12.7. The van der Waals surface area contributed by atoms with Crippen molar-refractivity contribution >= 4 is 0 Å². The lowest BCUT2D eigenvalue weighted by atomic mass is 9.55. The van der Waals surface area contributed by atoms with Crippen molar-refractivity contribution in [3.05, 3.63) is 35.6 Å². The van der Waals surface area contributed by atoms with Gasteiger partial charge in [0.25, 0.3) is 0 Å². The Morgan fingerprint density at radius 3 is 2.85 bits per heavy atom. The fourth-order valence-electron chi connectivity index (χ4n) is 5.46. The fourth-order valence-corrected chi connectivity index (χ4v) is 5.46. The molecule has 0 heterocycles. The maximum Gasteiger partial charge on any atom is 0.129 e. The molecule has 0 saturated heterocycles. The SMILES string of the molecule is C[C@@]12CCC[C@H]1[C@@H]1C=CC3=C(O)C(O)C=C[C@@H]3[C@H]1CC2. The second-order valence-corrected chi connectivity index (χ2v) is 7.49. The van der Waals surface area contributed by atoms with Gasteiger partial charge in [0.2, 0.25) is 0 Å². The second-order valence-electron chi connectivity index (χ2n) is 7.49. The number of aliphatic hydroxyl groups excluding tert-OH is 2. The summed E-state index contributed by atoms with van der Waals surface area (Å²) in [5, 5.41) is 19.9. The molecule has 2 N–H and O–H groups in total. The highest BCUT2D eigenvalue weighted by Crippen LogP contribution is 2.59. The van der Waals surface area contributed by atoms with E-state index in [1.165, 1.54) is 32.1 Å². The summed E-state index contributed by atoms with van der Waals surface area (Å²) in [5.74, 6) is 2.60.